The number of carbonyl (C=O) groups is 3. The van der Waals surface area contributed by atoms with Crippen molar-refractivity contribution in [2.75, 3.05) is 31.9 Å². The van der Waals surface area contributed by atoms with Crippen molar-refractivity contribution in [3.63, 3.8) is 0 Å². The van der Waals surface area contributed by atoms with Gasteiger partial charge in [0.25, 0.3) is 11.1 Å². The Hall–Kier alpha value is -2.03. The molecule has 1 spiro atoms. The van der Waals surface area contributed by atoms with Gasteiger partial charge < -0.3 is 19.6 Å². The molecule has 4 rings (SSSR count). The molecule has 1 N–H and O–H groups in total. The maximum absolute atomic E-state index is 12.8. The van der Waals surface area contributed by atoms with Crippen LogP contribution in [0.2, 0.25) is 0 Å². The molecule has 3 saturated heterocycles. The fourth-order valence-corrected chi connectivity index (χ4v) is 5.17. The first-order valence-corrected chi connectivity index (χ1v) is 10.3. The van der Waals surface area contributed by atoms with Crippen LogP contribution in [0.1, 0.15) is 41.1 Å². The average molecular weight is 392 g/mol. The summed E-state index contributed by atoms with van der Waals surface area (Å²) in [4.78, 5) is 40.5. The van der Waals surface area contributed by atoms with Gasteiger partial charge in [-0.2, -0.15) is 0 Å². The van der Waals surface area contributed by atoms with E-state index < -0.39 is 0 Å². The Balaban J connectivity index is 1.36. The lowest BCUT2D eigenvalue weighted by Crippen LogP contribution is -2.47. The zero-order valence-corrected chi connectivity index (χ0v) is 16.4. The van der Waals surface area contributed by atoms with Crippen molar-refractivity contribution in [3.05, 3.63) is 17.0 Å². The molecular weight excluding hydrogens is 368 g/mol. The highest BCUT2D eigenvalue weighted by Crippen LogP contribution is 2.41. The Kier molecular flexibility index (Phi) is 4.65. The third-order valence-electron chi connectivity index (χ3n) is 6.08. The van der Waals surface area contributed by atoms with Gasteiger partial charge in [0.1, 0.15) is 17.4 Å². The van der Waals surface area contributed by atoms with Crippen LogP contribution in [0.25, 0.3) is 0 Å². The van der Waals surface area contributed by atoms with Gasteiger partial charge in [-0.3, -0.25) is 14.4 Å². The third-order valence-corrected chi connectivity index (χ3v) is 6.96. The minimum atomic E-state index is -0.390. The highest BCUT2D eigenvalue weighted by Gasteiger charge is 2.45. The van der Waals surface area contributed by atoms with E-state index in [-0.39, 0.29) is 28.5 Å². The number of nitrogens with zero attached hydrogens (tertiary/aromatic N) is 3. The molecule has 27 heavy (non-hydrogen) atoms. The summed E-state index contributed by atoms with van der Waals surface area (Å²) in [6, 6.07) is -0.390. The lowest BCUT2D eigenvalue weighted by molar-refractivity contribution is -0.132. The molecule has 1 aromatic heterocycles. The quantitative estimate of drug-likeness (QED) is 0.821. The molecule has 1 aromatic rings. The molecular formula is C18H24N4O4S. The van der Waals surface area contributed by atoms with Gasteiger partial charge in [-0.1, -0.05) is 16.9 Å². The van der Waals surface area contributed by atoms with E-state index in [4.69, 9.17) is 4.52 Å². The van der Waals surface area contributed by atoms with Gasteiger partial charge in [-0.25, -0.2) is 0 Å². The maximum atomic E-state index is 12.8. The summed E-state index contributed by atoms with van der Waals surface area (Å²) < 4.78 is 5.12. The molecule has 1 unspecified atom stereocenters. The van der Waals surface area contributed by atoms with Crippen LogP contribution in [-0.2, 0) is 4.79 Å². The molecule has 146 valence electrons. The van der Waals surface area contributed by atoms with Gasteiger partial charge in [-0.15, -0.1) is 0 Å². The normalized spacial score (nSPS) is 24.5. The lowest BCUT2D eigenvalue weighted by atomic mass is 9.77. The molecule has 3 aliphatic rings. The number of carbonyl (C=O) groups excluding carboxylic acids is 3. The van der Waals surface area contributed by atoms with Gasteiger partial charge in [0, 0.05) is 31.9 Å². The molecule has 0 aliphatic carbocycles. The first-order chi connectivity index (χ1) is 12.9. The summed E-state index contributed by atoms with van der Waals surface area (Å²) in [5, 5.41) is 6.50. The Morgan fingerprint density at radius 2 is 1.85 bits per heavy atom. The van der Waals surface area contributed by atoms with Crippen molar-refractivity contribution >= 4 is 28.8 Å². The van der Waals surface area contributed by atoms with Crippen LogP contribution < -0.4 is 5.32 Å². The number of hydrogen-bond acceptors (Lipinski definition) is 6. The molecule has 0 aromatic carbocycles. The predicted molar refractivity (Wildman–Crippen MR) is 99.5 cm³/mol. The molecule has 3 fully saturated rings. The van der Waals surface area contributed by atoms with Crippen LogP contribution in [0, 0.1) is 19.3 Å². The van der Waals surface area contributed by atoms with E-state index in [0.29, 0.717) is 35.9 Å². The number of rotatable bonds is 2. The number of amides is 3. The van der Waals surface area contributed by atoms with Crippen molar-refractivity contribution in [3.8, 4) is 0 Å². The Morgan fingerprint density at radius 1 is 1.19 bits per heavy atom. The number of aromatic nitrogens is 1. The smallest absolute Gasteiger partial charge is 0.279 e. The first kappa shape index (κ1) is 18.3. The molecule has 4 heterocycles. The van der Waals surface area contributed by atoms with Gasteiger partial charge in [0.05, 0.1) is 5.69 Å². The summed E-state index contributed by atoms with van der Waals surface area (Å²) >= 11 is 1.17. The average Bonchev–Trinajstić information content (AvgIpc) is 3.35. The zero-order chi connectivity index (χ0) is 19.2. The number of hydrogen-bond donors (Lipinski definition) is 1. The number of aryl methyl sites for hydroxylation is 2. The molecule has 3 aliphatic heterocycles. The summed E-state index contributed by atoms with van der Waals surface area (Å²) in [6.07, 6.45) is 2.73. The van der Waals surface area contributed by atoms with Crippen LogP contribution in [0.15, 0.2) is 4.52 Å². The zero-order valence-electron chi connectivity index (χ0n) is 15.6. The fourth-order valence-electron chi connectivity index (χ4n) is 4.40. The fraction of sp³-hybridized carbons (Fsp3) is 0.667. The van der Waals surface area contributed by atoms with Crippen molar-refractivity contribution in [1.29, 1.82) is 0 Å². The molecule has 3 amide bonds. The maximum Gasteiger partial charge on any atom is 0.279 e. The van der Waals surface area contributed by atoms with E-state index in [9.17, 15) is 14.4 Å². The minimum absolute atomic E-state index is 0.0160. The second-order valence-electron chi connectivity index (χ2n) is 7.80. The van der Waals surface area contributed by atoms with E-state index in [1.165, 1.54) is 11.8 Å². The SMILES string of the molecule is Cc1noc(C)c1C(=O)N1CCC2(CC1)CCN(C(=O)C1CSC(=O)N1)C2. The molecule has 8 nitrogen and oxygen atoms in total. The second kappa shape index (κ2) is 6.85. The summed E-state index contributed by atoms with van der Waals surface area (Å²) in [5.74, 6) is 1.09. The van der Waals surface area contributed by atoms with Gasteiger partial charge in [-0.05, 0) is 38.5 Å². The van der Waals surface area contributed by atoms with E-state index in [2.05, 4.69) is 10.5 Å². The Morgan fingerprint density at radius 3 is 2.41 bits per heavy atom. The summed E-state index contributed by atoms with van der Waals surface area (Å²) in [6.45, 7) is 6.36. The van der Waals surface area contributed by atoms with Crippen molar-refractivity contribution in [2.24, 2.45) is 5.41 Å². The lowest BCUT2D eigenvalue weighted by Gasteiger charge is -2.39. The van der Waals surface area contributed by atoms with Crippen molar-refractivity contribution in [2.45, 2.75) is 39.2 Å². The van der Waals surface area contributed by atoms with E-state index in [0.717, 1.165) is 32.4 Å². The highest BCUT2D eigenvalue weighted by atomic mass is 32.2. The van der Waals surface area contributed by atoms with Gasteiger partial charge in [0.2, 0.25) is 5.91 Å². The number of nitrogens with one attached hydrogen (secondary N) is 1. The molecule has 0 radical (unpaired) electrons. The number of thioether (sulfide) groups is 1. The molecule has 1 atom stereocenters. The monoisotopic (exact) mass is 392 g/mol. The predicted octanol–water partition coefficient (Wildman–Crippen LogP) is 1.57. The third kappa shape index (κ3) is 3.33. The van der Waals surface area contributed by atoms with Gasteiger partial charge >= 0.3 is 0 Å². The molecule has 9 heteroatoms. The van der Waals surface area contributed by atoms with E-state index in [1.54, 1.807) is 13.8 Å². The van der Waals surface area contributed by atoms with Crippen LogP contribution in [0.5, 0.6) is 0 Å². The minimum Gasteiger partial charge on any atom is -0.361 e. The van der Waals surface area contributed by atoms with Crippen LogP contribution >= 0.6 is 11.8 Å². The molecule has 0 saturated carbocycles. The summed E-state index contributed by atoms with van der Waals surface area (Å²) in [7, 11) is 0. The largest absolute Gasteiger partial charge is 0.361 e. The Bertz CT molecular complexity index is 765. The highest BCUT2D eigenvalue weighted by molar-refractivity contribution is 8.14. The molecule has 0 bridgehead atoms. The van der Waals surface area contributed by atoms with Crippen LogP contribution in [-0.4, -0.2) is 70.0 Å². The van der Waals surface area contributed by atoms with Crippen LogP contribution in [0.4, 0.5) is 4.79 Å². The van der Waals surface area contributed by atoms with E-state index in [1.807, 2.05) is 9.80 Å². The summed E-state index contributed by atoms with van der Waals surface area (Å²) in [5.41, 5.74) is 1.29. The Labute approximate surface area is 162 Å². The van der Waals surface area contributed by atoms with E-state index >= 15 is 0 Å². The van der Waals surface area contributed by atoms with Crippen molar-refractivity contribution < 1.29 is 18.9 Å². The van der Waals surface area contributed by atoms with Crippen LogP contribution in [0.3, 0.4) is 0 Å². The first-order valence-electron chi connectivity index (χ1n) is 9.33. The number of piperidine rings is 1. The van der Waals surface area contributed by atoms with Crippen molar-refractivity contribution in [1.82, 2.24) is 20.3 Å². The number of likely N-dealkylation sites (tertiary alicyclic amines) is 2. The van der Waals surface area contributed by atoms with Gasteiger partial charge in [0.15, 0.2) is 0 Å². The standard InChI is InChI=1S/C18H24N4O4S/c1-11-14(12(2)26-20-11)16(24)21-6-3-18(4-7-21)5-8-22(10-18)15(23)13-9-27-17(25)19-13/h13H,3-10H2,1-2H3,(H,19,25). The second-order valence-corrected chi connectivity index (χ2v) is 8.79. The topological polar surface area (TPSA) is 95.8 Å².